The number of esters is 2. The monoisotopic (exact) mass is 475 g/mol. The highest BCUT2D eigenvalue weighted by Crippen LogP contribution is 2.18. The number of carbonyl (C=O) groups is 3. The number of aliphatic carboxylic acids is 1. The molecule has 1 aromatic carbocycles. The lowest BCUT2D eigenvalue weighted by Crippen LogP contribution is -2.31. The van der Waals surface area contributed by atoms with Crippen LogP contribution in [0.3, 0.4) is 0 Å². The van der Waals surface area contributed by atoms with Crippen LogP contribution < -0.4 is 5.32 Å². The normalized spacial score (nSPS) is 11.2. The fourth-order valence-corrected chi connectivity index (χ4v) is 2.91. The molecule has 0 spiro atoms. The topological polar surface area (TPSA) is 102 Å². The summed E-state index contributed by atoms with van der Waals surface area (Å²) in [4.78, 5) is 34.1. The van der Waals surface area contributed by atoms with Crippen molar-refractivity contribution in [3.8, 4) is 0 Å². The molecule has 1 aromatic heterocycles. The summed E-state index contributed by atoms with van der Waals surface area (Å²) >= 11 is 1.35. The van der Waals surface area contributed by atoms with Gasteiger partial charge in [-0.15, -0.1) is 11.3 Å². The maximum absolute atomic E-state index is 12.1. The third kappa shape index (κ3) is 11.5. The van der Waals surface area contributed by atoms with Crippen LogP contribution >= 0.6 is 11.3 Å². The summed E-state index contributed by atoms with van der Waals surface area (Å²) in [6.45, 7) is 6.37. The van der Waals surface area contributed by atoms with Gasteiger partial charge in [-0.2, -0.15) is 13.2 Å². The second kappa shape index (κ2) is 12.2. The molecule has 1 heterocycles. The van der Waals surface area contributed by atoms with Gasteiger partial charge in [0.1, 0.15) is 17.1 Å². The lowest BCUT2D eigenvalue weighted by Gasteiger charge is -2.19. The van der Waals surface area contributed by atoms with Crippen LogP contribution in [0.15, 0.2) is 42.5 Å². The molecule has 0 fully saturated rings. The van der Waals surface area contributed by atoms with Gasteiger partial charge in [-0.1, -0.05) is 30.3 Å². The molecule has 2 aromatic rings. The van der Waals surface area contributed by atoms with Gasteiger partial charge in [-0.05, 0) is 38.5 Å². The molecular formula is C21H24F3NO6S. The van der Waals surface area contributed by atoms with E-state index in [9.17, 15) is 22.8 Å². The van der Waals surface area contributed by atoms with Crippen LogP contribution in [0.25, 0.3) is 0 Å². The minimum absolute atomic E-state index is 0.128. The molecule has 0 atom stereocenters. The zero-order valence-corrected chi connectivity index (χ0v) is 18.5. The van der Waals surface area contributed by atoms with Crippen LogP contribution in [0.5, 0.6) is 0 Å². The summed E-state index contributed by atoms with van der Waals surface area (Å²) in [6.07, 6.45) is -5.08. The summed E-state index contributed by atoms with van der Waals surface area (Å²) in [5, 5.41) is 10.1. The maximum atomic E-state index is 12.1. The predicted octanol–water partition coefficient (Wildman–Crippen LogP) is 4.17. The number of ether oxygens (including phenoxy) is 2. The molecule has 0 aliphatic heterocycles. The van der Waals surface area contributed by atoms with Gasteiger partial charge in [0.05, 0.1) is 6.54 Å². The zero-order chi connectivity index (χ0) is 24.4. The number of hydrogen-bond acceptors (Lipinski definition) is 7. The van der Waals surface area contributed by atoms with Gasteiger partial charge in [-0.25, -0.2) is 9.59 Å². The van der Waals surface area contributed by atoms with Crippen LogP contribution in [0.1, 0.15) is 40.9 Å². The van der Waals surface area contributed by atoms with Crippen LogP contribution in [-0.2, 0) is 32.2 Å². The van der Waals surface area contributed by atoms with Crippen molar-refractivity contribution in [3.63, 3.8) is 0 Å². The van der Waals surface area contributed by atoms with E-state index >= 15 is 0 Å². The quantitative estimate of drug-likeness (QED) is 0.580. The highest BCUT2D eigenvalue weighted by molar-refractivity contribution is 7.13. The van der Waals surface area contributed by atoms with Crippen LogP contribution in [0.2, 0.25) is 0 Å². The van der Waals surface area contributed by atoms with E-state index in [-0.39, 0.29) is 25.1 Å². The Morgan fingerprint density at radius 1 is 1.03 bits per heavy atom. The number of carboxylic acids is 1. The Kier molecular flexibility index (Phi) is 10.3. The maximum Gasteiger partial charge on any atom is 0.490 e. The Labute approximate surface area is 187 Å². The zero-order valence-electron chi connectivity index (χ0n) is 17.7. The Balaban J connectivity index is 0.000000633. The van der Waals surface area contributed by atoms with Crippen molar-refractivity contribution in [2.24, 2.45) is 0 Å². The number of carboxylic acid groups (broad SMARTS) is 1. The Morgan fingerprint density at radius 3 is 2.16 bits per heavy atom. The number of thiophene rings is 1. The average Bonchev–Trinajstić information content (AvgIpc) is 3.14. The smallest absolute Gasteiger partial charge is 0.475 e. The Hall–Kier alpha value is -2.92. The molecule has 0 aliphatic carbocycles. The van der Waals surface area contributed by atoms with Crippen molar-refractivity contribution in [1.29, 1.82) is 0 Å². The number of hydrogen-bond donors (Lipinski definition) is 2. The lowest BCUT2D eigenvalue weighted by molar-refractivity contribution is -0.192. The van der Waals surface area contributed by atoms with E-state index in [4.69, 9.17) is 19.4 Å². The predicted molar refractivity (Wildman–Crippen MR) is 111 cm³/mol. The van der Waals surface area contributed by atoms with Crippen LogP contribution in [0.4, 0.5) is 13.2 Å². The first-order chi connectivity index (χ1) is 14.8. The summed E-state index contributed by atoms with van der Waals surface area (Å²) < 4.78 is 42.3. The van der Waals surface area contributed by atoms with Gasteiger partial charge < -0.3 is 19.9 Å². The average molecular weight is 475 g/mol. The molecule has 0 saturated heterocycles. The molecule has 0 saturated carbocycles. The van der Waals surface area contributed by atoms with Crippen molar-refractivity contribution < 1.29 is 42.1 Å². The molecule has 0 aliphatic rings. The first-order valence-corrected chi connectivity index (χ1v) is 10.1. The Morgan fingerprint density at radius 2 is 1.62 bits per heavy atom. The number of benzene rings is 1. The number of alkyl halides is 3. The summed E-state index contributed by atoms with van der Waals surface area (Å²) in [6, 6.07) is 13.1. The summed E-state index contributed by atoms with van der Waals surface area (Å²) in [5.41, 5.74) is 0.462. The largest absolute Gasteiger partial charge is 0.490 e. The standard InChI is InChI=1S/C19H23NO4S.C2HF3O2/c1-19(2,3)24-17(21)12-20-11-15-9-10-16(25-15)18(22)23-13-14-7-5-4-6-8-14;3-2(4,5)1(6)7/h4-10,20H,11-13H2,1-3H3;(H,6,7). The molecule has 2 rings (SSSR count). The molecule has 11 heteroatoms. The van der Waals surface area contributed by atoms with Gasteiger partial charge in [-0.3, -0.25) is 4.79 Å². The molecule has 0 bridgehead atoms. The molecule has 0 unspecified atom stereocenters. The molecule has 2 N–H and O–H groups in total. The molecule has 0 radical (unpaired) electrons. The van der Waals surface area contributed by atoms with Crippen LogP contribution in [0, 0.1) is 0 Å². The van der Waals surface area contributed by atoms with E-state index in [0.29, 0.717) is 11.4 Å². The third-order valence-electron chi connectivity index (χ3n) is 3.31. The second-order valence-electron chi connectivity index (χ2n) is 7.32. The lowest BCUT2D eigenvalue weighted by atomic mass is 10.2. The Bertz CT molecular complexity index is 891. The summed E-state index contributed by atoms with van der Waals surface area (Å²) in [7, 11) is 0. The van der Waals surface area contributed by atoms with Crippen molar-refractivity contribution >= 4 is 29.2 Å². The molecule has 0 amide bonds. The molecule has 32 heavy (non-hydrogen) atoms. The number of carbonyl (C=O) groups excluding carboxylic acids is 2. The van der Waals surface area contributed by atoms with E-state index in [0.717, 1.165) is 10.4 Å². The minimum atomic E-state index is -5.08. The van der Waals surface area contributed by atoms with Gasteiger partial charge in [0, 0.05) is 11.4 Å². The molecular weight excluding hydrogens is 451 g/mol. The van der Waals surface area contributed by atoms with E-state index in [1.807, 2.05) is 57.2 Å². The van der Waals surface area contributed by atoms with E-state index in [2.05, 4.69) is 5.32 Å². The molecule has 176 valence electrons. The number of halogens is 3. The fourth-order valence-electron chi connectivity index (χ4n) is 2.04. The number of rotatable bonds is 7. The van der Waals surface area contributed by atoms with E-state index in [1.165, 1.54) is 11.3 Å². The highest BCUT2D eigenvalue weighted by Gasteiger charge is 2.38. The van der Waals surface area contributed by atoms with Gasteiger partial charge >= 0.3 is 24.1 Å². The van der Waals surface area contributed by atoms with Crippen LogP contribution in [-0.4, -0.2) is 41.3 Å². The summed E-state index contributed by atoms with van der Waals surface area (Å²) in [5.74, 6) is -3.40. The van der Waals surface area contributed by atoms with Crippen molar-refractivity contribution in [1.82, 2.24) is 5.32 Å². The molecule has 7 nitrogen and oxygen atoms in total. The SMILES string of the molecule is CC(C)(C)OC(=O)CNCc1ccc(C(=O)OCc2ccccc2)s1.O=C(O)C(F)(F)F. The first kappa shape index (κ1) is 27.1. The van der Waals surface area contributed by atoms with Gasteiger partial charge in [0.15, 0.2) is 0 Å². The minimum Gasteiger partial charge on any atom is -0.475 e. The second-order valence-corrected chi connectivity index (χ2v) is 8.49. The van der Waals surface area contributed by atoms with Crippen molar-refractivity contribution in [2.45, 2.75) is 45.7 Å². The van der Waals surface area contributed by atoms with Gasteiger partial charge in [0.2, 0.25) is 0 Å². The highest BCUT2D eigenvalue weighted by atomic mass is 32.1. The van der Waals surface area contributed by atoms with E-state index in [1.54, 1.807) is 6.07 Å². The van der Waals surface area contributed by atoms with Gasteiger partial charge in [0.25, 0.3) is 0 Å². The number of nitrogens with one attached hydrogen (secondary N) is 1. The van der Waals surface area contributed by atoms with E-state index < -0.39 is 17.7 Å². The van der Waals surface area contributed by atoms with Crippen molar-refractivity contribution in [2.75, 3.05) is 6.54 Å². The fraction of sp³-hybridized carbons (Fsp3) is 0.381. The van der Waals surface area contributed by atoms with Crippen molar-refractivity contribution in [3.05, 3.63) is 57.8 Å². The third-order valence-corrected chi connectivity index (χ3v) is 4.37. The first-order valence-electron chi connectivity index (χ1n) is 9.30.